The van der Waals surface area contributed by atoms with Gasteiger partial charge in [-0.05, 0) is 20.3 Å². The molecule has 0 radical (unpaired) electrons. The van der Waals surface area contributed by atoms with Crippen LogP contribution in [-0.4, -0.2) is 68.1 Å². The summed E-state index contributed by atoms with van der Waals surface area (Å²) in [6.07, 6.45) is 1.05. The lowest BCUT2D eigenvalue weighted by molar-refractivity contribution is -0.188. The third kappa shape index (κ3) is 5.22. The van der Waals surface area contributed by atoms with Gasteiger partial charge in [0.15, 0.2) is 6.29 Å². The summed E-state index contributed by atoms with van der Waals surface area (Å²) >= 11 is 0. The Morgan fingerprint density at radius 1 is 1.00 bits per heavy atom. The van der Waals surface area contributed by atoms with E-state index >= 15 is 0 Å². The molecule has 108 valence electrons. The summed E-state index contributed by atoms with van der Waals surface area (Å²) in [5, 5.41) is 0. The molecule has 0 aromatic rings. The van der Waals surface area contributed by atoms with Crippen molar-refractivity contribution < 1.29 is 9.47 Å². The molecule has 0 aromatic heterocycles. The zero-order valence-corrected chi connectivity index (χ0v) is 12.5. The summed E-state index contributed by atoms with van der Waals surface area (Å²) in [7, 11) is 0. The number of ether oxygens (including phenoxy) is 2. The second-order valence-electron chi connectivity index (χ2n) is 4.96. The third-order valence-electron chi connectivity index (χ3n) is 3.44. The molecule has 0 bridgehead atoms. The molecule has 4 nitrogen and oxygen atoms in total. The van der Waals surface area contributed by atoms with Crippen LogP contribution in [0.1, 0.15) is 34.1 Å². The van der Waals surface area contributed by atoms with Crippen molar-refractivity contribution in [1.82, 2.24) is 9.80 Å². The lowest BCUT2D eigenvalue weighted by Crippen LogP contribution is -2.51. The molecule has 4 heteroatoms. The first-order valence-corrected chi connectivity index (χ1v) is 7.45. The zero-order chi connectivity index (χ0) is 13.4. The highest BCUT2D eigenvalue weighted by atomic mass is 16.7. The Hall–Kier alpha value is -0.160. The van der Waals surface area contributed by atoms with Crippen molar-refractivity contribution in [3.05, 3.63) is 0 Å². The van der Waals surface area contributed by atoms with Gasteiger partial charge in [-0.2, -0.15) is 0 Å². The molecule has 0 unspecified atom stereocenters. The van der Waals surface area contributed by atoms with Gasteiger partial charge in [-0.1, -0.05) is 13.8 Å². The normalized spacial score (nSPS) is 23.8. The fourth-order valence-electron chi connectivity index (χ4n) is 2.32. The largest absolute Gasteiger partial charge is 0.351 e. The van der Waals surface area contributed by atoms with Crippen LogP contribution in [0, 0.1) is 0 Å². The van der Waals surface area contributed by atoms with Crippen molar-refractivity contribution in [2.45, 2.75) is 46.4 Å². The second kappa shape index (κ2) is 8.86. The van der Waals surface area contributed by atoms with Gasteiger partial charge in [-0.25, -0.2) is 0 Å². The van der Waals surface area contributed by atoms with E-state index in [0.717, 1.165) is 39.3 Å². The molecule has 0 N–H and O–H groups in total. The van der Waals surface area contributed by atoms with Crippen LogP contribution in [0.15, 0.2) is 0 Å². The smallest absolute Gasteiger partial charge is 0.170 e. The minimum absolute atomic E-state index is 0.0133. The Labute approximate surface area is 112 Å². The summed E-state index contributed by atoms with van der Waals surface area (Å²) in [4.78, 5) is 4.98. The molecule has 2 aliphatic heterocycles. The molecule has 2 saturated heterocycles. The van der Waals surface area contributed by atoms with Gasteiger partial charge in [0.05, 0.1) is 13.2 Å². The van der Waals surface area contributed by atoms with E-state index < -0.39 is 0 Å². The molecule has 0 amide bonds. The van der Waals surface area contributed by atoms with Crippen molar-refractivity contribution in [1.29, 1.82) is 0 Å². The van der Waals surface area contributed by atoms with E-state index in [4.69, 9.17) is 9.47 Å². The maximum Gasteiger partial charge on any atom is 0.170 e. The predicted octanol–water partition coefficient (Wildman–Crippen LogP) is 1.80. The summed E-state index contributed by atoms with van der Waals surface area (Å²) in [6, 6.07) is 0.671. The van der Waals surface area contributed by atoms with Gasteiger partial charge in [0.1, 0.15) is 0 Å². The first-order valence-electron chi connectivity index (χ1n) is 7.45. The van der Waals surface area contributed by atoms with Crippen molar-refractivity contribution in [2.75, 3.05) is 45.9 Å². The van der Waals surface area contributed by atoms with Gasteiger partial charge < -0.3 is 9.47 Å². The van der Waals surface area contributed by atoms with Crippen LogP contribution in [-0.2, 0) is 9.47 Å². The minimum Gasteiger partial charge on any atom is -0.351 e. The van der Waals surface area contributed by atoms with Gasteiger partial charge in [0.25, 0.3) is 0 Å². The van der Waals surface area contributed by atoms with Gasteiger partial charge >= 0.3 is 0 Å². The third-order valence-corrected chi connectivity index (χ3v) is 3.44. The molecule has 0 atom stereocenters. The molecular formula is C14H30N2O2. The molecule has 0 aliphatic carbocycles. The quantitative estimate of drug-likeness (QED) is 0.771. The molecule has 0 spiro atoms. The number of nitrogens with zero attached hydrogens (tertiary/aromatic N) is 2. The standard InChI is InChI=1S/C12H24N2O2.C2H6/c1-11(2)14-6-4-13(5-7-14)10-12-15-8-3-9-16-12;1-2/h11-12H,3-10H2,1-2H3;1-2H3. The summed E-state index contributed by atoms with van der Waals surface area (Å²) in [5.74, 6) is 0. The first-order chi connectivity index (χ1) is 8.75. The second-order valence-corrected chi connectivity index (χ2v) is 4.96. The molecule has 0 aromatic carbocycles. The highest BCUT2D eigenvalue weighted by molar-refractivity contribution is 4.75. The highest BCUT2D eigenvalue weighted by Gasteiger charge is 2.23. The SMILES string of the molecule is CC.CC(C)N1CCN(CC2OCCCO2)CC1. The maximum absolute atomic E-state index is 5.58. The van der Waals surface area contributed by atoms with Crippen LogP contribution in [0.5, 0.6) is 0 Å². The Kier molecular flexibility index (Phi) is 7.82. The fraction of sp³-hybridized carbons (Fsp3) is 1.00. The van der Waals surface area contributed by atoms with Crippen LogP contribution in [0.4, 0.5) is 0 Å². The van der Waals surface area contributed by atoms with Crippen molar-refractivity contribution >= 4 is 0 Å². The van der Waals surface area contributed by atoms with Crippen molar-refractivity contribution in [3.8, 4) is 0 Å². The molecule has 2 aliphatic rings. The molecule has 2 rings (SSSR count). The van der Waals surface area contributed by atoms with Gasteiger partial charge in [-0.3, -0.25) is 9.80 Å². The topological polar surface area (TPSA) is 24.9 Å². The summed E-state index contributed by atoms with van der Waals surface area (Å²) in [5.41, 5.74) is 0. The molecular weight excluding hydrogens is 228 g/mol. The highest BCUT2D eigenvalue weighted by Crippen LogP contribution is 2.10. The summed E-state index contributed by atoms with van der Waals surface area (Å²) in [6.45, 7) is 15.8. The molecule has 18 heavy (non-hydrogen) atoms. The number of hydrogen-bond acceptors (Lipinski definition) is 4. The van der Waals surface area contributed by atoms with Gasteiger partial charge in [0.2, 0.25) is 0 Å². The van der Waals surface area contributed by atoms with Crippen LogP contribution in [0.25, 0.3) is 0 Å². The lowest BCUT2D eigenvalue weighted by atomic mass is 10.2. The molecule has 2 heterocycles. The van der Waals surface area contributed by atoms with E-state index in [2.05, 4.69) is 23.6 Å². The van der Waals surface area contributed by atoms with Gasteiger partial charge in [-0.15, -0.1) is 0 Å². The van der Waals surface area contributed by atoms with E-state index in [0.29, 0.717) is 6.04 Å². The average molecular weight is 258 g/mol. The average Bonchev–Trinajstić information content (AvgIpc) is 2.43. The zero-order valence-electron chi connectivity index (χ0n) is 12.5. The van der Waals surface area contributed by atoms with Crippen LogP contribution >= 0.6 is 0 Å². The van der Waals surface area contributed by atoms with E-state index in [-0.39, 0.29) is 6.29 Å². The van der Waals surface area contributed by atoms with Crippen LogP contribution < -0.4 is 0 Å². The Morgan fingerprint density at radius 3 is 2.06 bits per heavy atom. The number of piperazine rings is 1. The lowest BCUT2D eigenvalue weighted by Gasteiger charge is -2.38. The van der Waals surface area contributed by atoms with Crippen molar-refractivity contribution in [3.63, 3.8) is 0 Å². The maximum atomic E-state index is 5.58. The van der Waals surface area contributed by atoms with E-state index in [1.807, 2.05) is 13.8 Å². The first kappa shape index (κ1) is 15.9. The van der Waals surface area contributed by atoms with E-state index in [1.165, 1.54) is 13.1 Å². The fourth-order valence-corrected chi connectivity index (χ4v) is 2.32. The predicted molar refractivity (Wildman–Crippen MR) is 74.8 cm³/mol. The Bertz CT molecular complexity index is 198. The number of rotatable bonds is 3. The van der Waals surface area contributed by atoms with E-state index in [1.54, 1.807) is 0 Å². The monoisotopic (exact) mass is 258 g/mol. The van der Waals surface area contributed by atoms with Gasteiger partial charge in [0, 0.05) is 38.8 Å². The Morgan fingerprint density at radius 2 is 1.56 bits per heavy atom. The van der Waals surface area contributed by atoms with Crippen molar-refractivity contribution in [2.24, 2.45) is 0 Å². The molecule has 2 fully saturated rings. The number of hydrogen-bond donors (Lipinski definition) is 0. The summed E-state index contributed by atoms with van der Waals surface area (Å²) < 4.78 is 11.2. The molecule has 0 saturated carbocycles. The Balaban J connectivity index is 0.000000771. The van der Waals surface area contributed by atoms with Crippen LogP contribution in [0.3, 0.4) is 0 Å². The minimum atomic E-state index is 0.0133. The van der Waals surface area contributed by atoms with Crippen LogP contribution in [0.2, 0.25) is 0 Å². The van der Waals surface area contributed by atoms with E-state index in [9.17, 15) is 0 Å².